The quantitative estimate of drug-likeness (QED) is 0.481. The largest absolute Gasteiger partial charge is 0.379 e. The summed E-state index contributed by atoms with van der Waals surface area (Å²) in [4.78, 5) is 0. The molecule has 0 radical (unpaired) electrons. The number of morpholine rings is 1. The molecule has 1 aliphatic heterocycles. The molecule has 1 rings (SSSR count). The van der Waals surface area contributed by atoms with E-state index in [2.05, 4.69) is 28.5 Å². The zero-order valence-electron chi connectivity index (χ0n) is 6.54. The molecule has 1 heterocycles. The molecule has 1 aliphatic rings. The van der Waals surface area contributed by atoms with Gasteiger partial charge in [0.2, 0.25) is 0 Å². The van der Waals surface area contributed by atoms with E-state index in [1.54, 1.807) is 0 Å². The molecule has 0 amide bonds. The monoisotopic (exact) mass is 181 g/mol. The van der Waals surface area contributed by atoms with Gasteiger partial charge in [-0.25, -0.2) is 0 Å². The van der Waals surface area contributed by atoms with E-state index < -0.39 is 9.25 Å². The van der Waals surface area contributed by atoms with Gasteiger partial charge in [-0.05, 0) is 12.5 Å². The molecular formula is C6H15NOS2. The number of thiol groups is 1. The Bertz CT molecular complexity index is 107. The molecule has 10 heavy (non-hydrogen) atoms. The van der Waals surface area contributed by atoms with Crippen LogP contribution in [0.4, 0.5) is 0 Å². The van der Waals surface area contributed by atoms with Crippen LogP contribution in [0.25, 0.3) is 0 Å². The highest BCUT2D eigenvalue weighted by molar-refractivity contribution is 8.86. The number of rotatable bonds is 1. The first-order valence-corrected chi connectivity index (χ1v) is 6.85. The maximum Gasteiger partial charge on any atom is 0.0603 e. The summed E-state index contributed by atoms with van der Waals surface area (Å²) in [5.74, 6) is 0. The van der Waals surface area contributed by atoms with Crippen LogP contribution in [0.3, 0.4) is 0 Å². The van der Waals surface area contributed by atoms with E-state index in [0.717, 1.165) is 26.3 Å². The lowest BCUT2D eigenvalue weighted by atomic mass is 10.5. The van der Waals surface area contributed by atoms with Crippen LogP contribution in [0, 0.1) is 0 Å². The highest BCUT2D eigenvalue weighted by atomic mass is 33.1. The van der Waals surface area contributed by atoms with Crippen molar-refractivity contribution < 1.29 is 4.74 Å². The van der Waals surface area contributed by atoms with Crippen LogP contribution in [0.15, 0.2) is 0 Å². The van der Waals surface area contributed by atoms with Gasteiger partial charge >= 0.3 is 0 Å². The summed E-state index contributed by atoms with van der Waals surface area (Å²) in [6.45, 7) is 3.84. The number of ether oxygens (including phenoxy) is 1. The van der Waals surface area contributed by atoms with Gasteiger partial charge in [0, 0.05) is 13.1 Å². The maximum absolute atomic E-state index is 5.23. The Morgan fingerprint density at radius 2 is 1.80 bits per heavy atom. The molecule has 62 valence electrons. The standard InChI is InChI=1S/C6H15NOS2/c1-10(2,9)7-3-5-8-6-4-7/h9H,3-6H2,1-2H3. The summed E-state index contributed by atoms with van der Waals surface area (Å²) >= 11 is 4.55. The van der Waals surface area contributed by atoms with Gasteiger partial charge in [0.15, 0.2) is 0 Å². The Hall–Kier alpha value is 0.620. The van der Waals surface area contributed by atoms with E-state index in [9.17, 15) is 0 Å². The normalized spacial score (nSPS) is 24.7. The van der Waals surface area contributed by atoms with Crippen molar-refractivity contribution in [3.63, 3.8) is 0 Å². The summed E-state index contributed by atoms with van der Waals surface area (Å²) in [5, 5.41) is 0. The molecule has 4 heteroatoms. The van der Waals surface area contributed by atoms with Crippen molar-refractivity contribution in [2.75, 3.05) is 38.8 Å². The third-order valence-electron chi connectivity index (χ3n) is 1.60. The van der Waals surface area contributed by atoms with E-state index in [0.29, 0.717) is 0 Å². The zero-order valence-corrected chi connectivity index (χ0v) is 8.25. The fraction of sp³-hybridized carbons (Fsp3) is 1.00. The van der Waals surface area contributed by atoms with Crippen molar-refractivity contribution in [3.8, 4) is 0 Å². The Morgan fingerprint density at radius 1 is 1.30 bits per heavy atom. The predicted octanol–water partition coefficient (Wildman–Crippen LogP) is 1.14. The minimum atomic E-state index is -0.778. The lowest BCUT2D eigenvalue weighted by Crippen LogP contribution is -2.35. The lowest BCUT2D eigenvalue weighted by molar-refractivity contribution is 0.0764. The zero-order chi connectivity index (χ0) is 7.61. The second kappa shape index (κ2) is 3.34. The van der Waals surface area contributed by atoms with E-state index in [1.165, 1.54) is 0 Å². The Kier molecular flexibility index (Phi) is 2.91. The summed E-state index contributed by atoms with van der Waals surface area (Å²) in [6, 6.07) is 0. The molecule has 0 aromatic rings. The first-order valence-electron chi connectivity index (χ1n) is 3.39. The molecule has 0 unspecified atom stereocenters. The van der Waals surface area contributed by atoms with Crippen LogP contribution in [-0.2, 0) is 4.74 Å². The van der Waals surface area contributed by atoms with Crippen molar-refractivity contribution in [1.29, 1.82) is 0 Å². The number of hydrogen-bond donors (Lipinski definition) is 1. The molecule has 0 bridgehead atoms. The maximum atomic E-state index is 5.23. The van der Waals surface area contributed by atoms with Crippen molar-refractivity contribution in [1.82, 2.24) is 4.31 Å². The van der Waals surface area contributed by atoms with Crippen LogP contribution < -0.4 is 0 Å². The molecule has 0 atom stereocenters. The number of hydrogen-bond acceptors (Lipinski definition) is 3. The van der Waals surface area contributed by atoms with E-state index >= 15 is 0 Å². The molecule has 0 spiro atoms. The van der Waals surface area contributed by atoms with Gasteiger partial charge in [0.25, 0.3) is 0 Å². The van der Waals surface area contributed by atoms with Gasteiger partial charge in [0.1, 0.15) is 0 Å². The number of nitrogens with zero attached hydrogens (tertiary/aromatic N) is 1. The van der Waals surface area contributed by atoms with Crippen LogP contribution in [0.2, 0.25) is 0 Å². The third kappa shape index (κ3) is 2.34. The summed E-state index contributed by atoms with van der Waals surface area (Å²) in [7, 11) is -0.778. The van der Waals surface area contributed by atoms with Crippen LogP contribution in [0.1, 0.15) is 0 Å². The second-order valence-electron chi connectivity index (χ2n) is 2.76. The fourth-order valence-electron chi connectivity index (χ4n) is 0.993. The van der Waals surface area contributed by atoms with Crippen molar-refractivity contribution in [2.45, 2.75) is 0 Å². The second-order valence-corrected chi connectivity index (χ2v) is 8.40. The van der Waals surface area contributed by atoms with Gasteiger partial charge in [-0.15, -0.1) is 20.9 Å². The molecule has 0 aliphatic carbocycles. The predicted molar refractivity (Wildman–Crippen MR) is 50.8 cm³/mol. The summed E-state index contributed by atoms with van der Waals surface area (Å²) < 4.78 is 7.63. The van der Waals surface area contributed by atoms with Gasteiger partial charge < -0.3 is 4.74 Å². The molecule has 1 fully saturated rings. The van der Waals surface area contributed by atoms with Crippen molar-refractivity contribution in [2.24, 2.45) is 0 Å². The van der Waals surface area contributed by atoms with Gasteiger partial charge in [0.05, 0.1) is 13.2 Å². The average Bonchev–Trinajstić information content (AvgIpc) is 1.88. The molecule has 0 N–H and O–H groups in total. The lowest BCUT2D eigenvalue weighted by Gasteiger charge is -2.40. The van der Waals surface area contributed by atoms with E-state index in [4.69, 9.17) is 4.74 Å². The molecule has 2 nitrogen and oxygen atoms in total. The SMILES string of the molecule is CS(C)(S)N1CCOCC1. The van der Waals surface area contributed by atoms with Gasteiger partial charge in [-0.3, -0.25) is 4.31 Å². The summed E-state index contributed by atoms with van der Waals surface area (Å²) in [6.07, 6.45) is 4.39. The summed E-state index contributed by atoms with van der Waals surface area (Å²) in [5.41, 5.74) is 0. The van der Waals surface area contributed by atoms with Crippen LogP contribution in [0.5, 0.6) is 0 Å². The van der Waals surface area contributed by atoms with Crippen molar-refractivity contribution in [3.05, 3.63) is 0 Å². The first-order chi connectivity index (χ1) is 4.61. The van der Waals surface area contributed by atoms with Crippen LogP contribution in [-0.4, -0.2) is 43.1 Å². The molecule has 1 saturated heterocycles. The molecule has 0 aromatic heterocycles. The fourth-order valence-corrected chi connectivity index (χ4v) is 2.53. The van der Waals surface area contributed by atoms with Gasteiger partial charge in [-0.2, -0.15) is 0 Å². The topological polar surface area (TPSA) is 12.5 Å². The van der Waals surface area contributed by atoms with E-state index in [-0.39, 0.29) is 0 Å². The Morgan fingerprint density at radius 3 is 2.10 bits per heavy atom. The Balaban J connectivity index is 2.39. The molecular weight excluding hydrogens is 166 g/mol. The van der Waals surface area contributed by atoms with Gasteiger partial charge in [-0.1, -0.05) is 0 Å². The highest BCUT2D eigenvalue weighted by Gasteiger charge is 2.19. The highest BCUT2D eigenvalue weighted by Crippen LogP contribution is 2.48. The first kappa shape index (κ1) is 8.71. The van der Waals surface area contributed by atoms with Crippen molar-refractivity contribution >= 4 is 20.9 Å². The minimum absolute atomic E-state index is 0.778. The van der Waals surface area contributed by atoms with E-state index in [1.807, 2.05) is 0 Å². The Labute approximate surface area is 69.2 Å². The molecule has 0 aromatic carbocycles. The molecule has 0 saturated carbocycles. The average molecular weight is 181 g/mol. The minimum Gasteiger partial charge on any atom is -0.379 e. The van der Waals surface area contributed by atoms with Crippen LogP contribution >= 0.6 is 20.9 Å². The third-order valence-corrected chi connectivity index (χ3v) is 3.92. The smallest absolute Gasteiger partial charge is 0.0603 e.